The first-order valence-electron chi connectivity index (χ1n) is 11.8. The summed E-state index contributed by atoms with van der Waals surface area (Å²) in [6.07, 6.45) is 5.96. The van der Waals surface area contributed by atoms with Crippen LogP contribution in [-0.2, 0) is 11.3 Å². The fourth-order valence-corrected chi connectivity index (χ4v) is 5.49. The number of H-pyrrole nitrogens is 2. The van der Waals surface area contributed by atoms with Crippen molar-refractivity contribution in [3.05, 3.63) is 55.5 Å². The lowest BCUT2D eigenvalue weighted by Gasteiger charge is -2.34. The Kier molecular flexibility index (Phi) is 5.54. The van der Waals surface area contributed by atoms with Crippen molar-refractivity contribution in [2.45, 2.75) is 51.5 Å². The average Bonchev–Trinajstić information content (AvgIpc) is 3.18. The number of imidazole rings is 1. The van der Waals surface area contributed by atoms with Crippen molar-refractivity contribution in [3.8, 4) is 17.1 Å². The Morgan fingerprint density at radius 3 is 2.77 bits per heavy atom. The zero-order valence-corrected chi connectivity index (χ0v) is 20.4. The van der Waals surface area contributed by atoms with Crippen molar-refractivity contribution in [1.29, 1.82) is 0 Å². The van der Waals surface area contributed by atoms with E-state index < -0.39 is 5.69 Å². The standard InChI is InChI=1S/C24H27N7O3S/c1-13-9-30(10-14(2)34-13)11-18-5-16(12-35-18)19-7-21(26-17-3-4-17)31-22(27-19)15(8-25-31)6-20-23(32)29-24(33)28-20/h5-8,12-14,17,32H,3-4,9-11H2,1-2H3,(H2,28,29,33)/b15-6+,26-21?. The van der Waals surface area contributed by atoms with Crippen molar-refractivity contribution in [1.82, 2.24) is 29.5 Å². The lowest BCUT2D eigenvalue weighted by molar-refractivity contribution is -0.0702. The molecule has 0 spiro atoms. The Morgan fingerprint density at radius 1 is 1.26 bits per heavy atom. The fraction of sp³-hybridized carbons (Fsp3) is 0.417. The van der Waals surface area contributed by atoms with Crippen molar-refractivity contribution in [3.63, 3.8) is 0 Å². The molecular weight excluding hydrogens is 466 g/mol. The van der Waals surface area contributed by atoms with Gasteiger partial charge in [0.05, 0.1) is 30.1 Å². The van der Waals surface area contributed by atoms with Crippen LogP contribution in [0.2, 0.25) is 0 Å². The van der Waals surface area contributed by atoms with Crippen molar-refractivity contribution in [2.24, 2.45) is 4.99 Å². The third-order valence-electron chi connectivity index (χ3n) is 6.20. The highest BCUT2D eigenvalue weighted by atomic mass is 32.1. The smallest absolute Gasteiger partial charge is 0.326 e. The normalized spacial score (nSPS) is 22.5. The molecule has 4 aromatic rings. The summed E-state index contributed by atoms with van der Waals surface area (Å²) in [4.78, 5) is 29.9. The largest absolute Gasteiger partial charge is 0.493 e. The summed E-state index contributed by atoms with van der Waals surface area (Å²) in [6, 6.07) is 4.51. The maximum Gasteiger partial charge on any atom is 0.326 e. The van der Waals surface area contributed by atoms with Gasteiger partial charge < -0.3 is 14.8 Å². The molecule has 0 aromatic carbocycles. The monoisotopic (exact) mass is 493 g/mol. The van der Waals surface area contributed by atoms with Gasteiger partial charge in [0.15, 0.2) is 11.1 Å². The zero-order chi connectivity index (χ0) is 24.1. The molecule has 0 bridgehead atoms. The number of aromatic nitrogens is 5. The second-order valence-corrected chi connectivity index (χ2v) is 10.4. The van der Waals surface area contributed by atoms with Gasteiger partial charge in [0.1, 0.15) is 5.69 Å². The van der Waals surface area contributed by atoms with Gasteiger partial charge in [-0.05, 0) is 38.8 Å². The van der Waals surface area contributed by atoms with Crippen LogP contribution in [-0.4, -0.2) is 65.9 Å². The Balaban J connectivity index is 1.40. The number of fused-ring (bicyclic) bond motifs is 1. The Bertz CT molecular complexity index is 1550. The number of hydrogen-bond donors (Lipinski definition) is 3. The summed E-state index contributed by atoms with van der Waals surface area (Å²) >= 11 is 1.73. The van der Waals surface area contributed by atoms with E-state index in [2.05, 4.69) is 45.3 Å². The first kappa shape index (κ1) is 22.2. The van der Waals surface area contributed by atoms with E-state index in [0.717, 1.165) is 49.2 Å². The number of rotatable bonds is 5. The first-order valence-corrected chi connectivity index (χ1v) is 12.7. The Morgan fingerprint density at radius 2 is 2.06 bits per heavy atom. The van der Waals surface area contributed by atoms with Crippen LogP contribution in [0.25, 0.3) is 23.0 Å². The highest BCUT2D eigenvalue weighted by Gasteiger charge is 2.23. The second kappa shape index (κ2) is 8.74. The molecule has 1 saturated heterocycles. The number of thiophene rings is 1. The molecule has 3 N–H and O–H groups in total. The molecule has 11 heteroatoms. The van der Waals surface area contributed by atoms with E-state index in [1.807, 2.05) is 6.07 Å². The minimum atomic E-state index is -0.474. The van der Waals surface area contributed by atoms with Gasteiger partial charge in [-0.1, -0.05) is 0 Å². The van der Waals surface area contributed by atoms with E-state index in [-0.39, 0.29) is 23.8 Å². The van der Waals surface area contributed by atoms with Crippen molar-refractivity contribution in [2.75, 3.05) is 13.1 Å². The van der Waals surface area contributed by atoms with Crippen LogP contribution in [0.3, 0.4) is 0 Å². The minimum Gasteiger partial charge on any atom is -0.493 e. The van der Waals surface area contributed by atoms with Crippen LogP contribution in [0, 0.1) is 0 Å². The predicted molar refractivity (Wildman–Crippen MR) is 132 cm³/mol. The minimum absolute atomic E-state index is 0.220. The number of nitrogens with one attached hydrogen (secondary N) is 2. The number of aromatic hydroxyl groups is 1. The van der Waals surface area contributed by atoms with E-state index in [9.17, 15) is 9.90 Å². The molecule has 10 nitrogen and oxygen atoms in total. The molecule has 35 heavy (non-hydrogen) atoms. The van der Waals surface area contributed by atoms with E-state index in [4.69, 9.17) is 14.7 Å². The third kappa shape index (κ3) is 4.66. The molecule has 2 aliphatic rings. The number of ether oxygens (including phenoxy) is 1. The van der Waals surface area contributed by atoms with Gasteiger partial charge in [-0.15, -0.1) is 11.3 Å². The van der Waals surface area contributed by atoms with E-state index in [0.29, 0.717) is 16.9 Å². The highest BCUT2D eigenvalue weighted by molar-refractivity contribution is 7.10. The zero-order valence-electron chi connectivity index (χ0n) is 19.6. The van der Waals surface area contributed by atoms with Crippen LogP contribution >= 0.6 is 11.3 Å². The topological polar surface area (TPSA) is 124 Å². The molecule has 0 amide bonds. The van der Waals surface area contributed by atoms with Gasteiger partial charge in [-0.3, -0.25) is 14.9 Å². The Hall–Kier alpha value is -3.28. The van der Waals surface area contributed by atoms with Gasteiger partial charge in [-0.25, -0.2) is 9.78 Å². The molecule has 6 rings (SSSR count). The molecule has 1 aliphatic heterocycles. The average molecular weight is 494 g/mol. The number of morpholine rings is 1. The maximum absolute atomic E-state index is 11.6. The van der Waals surface area contributed by atoms with Crippen LogP contribution < -0.4 is 16.4 Å². The first-order chi connectivity index (χ1) is 16.9. The van der Waals surface area contributed by atoms with E-state index in [1.165, 1.54) is 4.88 Å². The summed E-state index contributed by atoms with van der Waals surface area (Å²) in [5.74, 6) is -0.220. The van der Waals surface area contributed by atoms with Gasteiger partial charge >= 0.3 is 5.69 Å². The van der Waals surface area contributed by atoms with E-state index >= 15 is 0 Å². The molecule has 4 aromatic heterocycles. The summed E-state index contributed by atoms with van der Waals surface area (Å²) < 4.78 is 7.59. The molecule has 2 unspecified atom stereocenters. The number of hydrogen-bond acceptors (Lipinski definition) is 8. The molecule has 2 atom stereocenters. The van der Waals surface area contributed by atoms with Gasteiger partial charge in [0.2, 0.25) is 5.88 Å². The third-order valence-corrected chi connectivity index (χ3v) is 7.12. The summed E-state index contributed by atoms with van der Waals surface area (Å²) in [5.41, 5.74) is 3.04. The summed E-state index contributed by atoms with van der Waals surface area (Å²) in [7, 11) is 0. The summed E-state index contributed by atoms with van der Waals surface area (Å²) in [6.45, 7) is 6.98. The lowest BCUT2D eigenvalue weighted by Crippen LogP contribution is -2.44. The number of aromatic amines is 2. The molecule has 0 radical (unpaired) electrons. The predicted octanol–water partition coefficient (Wildman–Crippen LogP) is 1.40. The Labute approximate surface area is 204 Å². The van der Waals surface area contributed by atoms with Gasteiger partial charge in [0.25, 0.3) is 0 Å². The lowest BCUT2D eigenvalue weighted by atomic mass is 10.2. The van der Waals surface area contributed by atoms with Gasteiger partial charge in [-0.2, -0.15) is 9.61 Å². The van der Waals surface area contributed by atoms with E-state index in [1.54, 1.807) is 28.1 Å². The SMILES string of the molecule is CC1CN(Cc2cc(-c3cc(=NC4CC4)n4nc/c(=C\c5[nH]c(=O)[nH]c5O)c4n3)cs2)CC(C)O1. The van der Waals surface area contributed by atoms with Crippen LogP contribution in [0.4, 0.5) is 0 Å². The van der Waals surface area contributed by atoms with Crippen molar-refractivity contribution < 1.29 is 9.84 Å². The van der Waals surface area contributed by atoms with Crippen LogP contribution in [0.15, 0.2) is 33.5 Å². The molecule has 1 aliphatic carbocycles. The quantitative estimate of drug-likeness (QED) is 0.386. The molecule has 2 fully saturated rings. The fourth-order valence-electron chi connectivity index (χ4n) is 4.58. The summed E-state index contributed by atoms with van der Waals surface area (Å²) in [5, 5.41) is 17.3. The number of nitrogens with zero attached hydrogens (tertiary/aromatic N) is 5. The molecule has 182 valence electrons. The highest BCUT2D eigenvalue weighted by Crippen LogP contribution is 2.26. The molecular formula is C24H27N7O3S. The van der Waals surface area contributed by atoms with Crippen LogP contribution in [0.1, 0.15) is 37.3 Å². The molecule has 5 heterocycles. The second-order valence-electron chi connectivity index (χ2n) is 9.43. The van der Waals surface area contributed by atoms with Gasteiger partial charge in [0, 0.05) is 46.7 Å². The van der Waals surface area contributed by atoms with Crippen molar-refractivity contribution >= 4 is 23.1 Å². The molecule has 1 saturated carbocycles. The van der Waals surface area contributed by atoms with Crippen LogP contribution in [0.5, 0.6) is 5.88 Å². The maximum atomic E-state index is 11.6.